The fourth-order valence-corrected chi connectivity index (χ4v) is 2.50. The lowest BCUT2D eigenvalue weighted by atomic mass is 10.1. The average molecular weight is 290 g/mol. The van der Waals surface area contributed by atoms with E-state index in [0.29, 0.717) is 24.3 Å². The monoisotopic (exact) mass is 290 g/mol. The molecule has 0 aromatic heterocycles. The molecule has 1 aromatic carbocycles. The lowest BCUT2D eigenvalue weighted by molar-refractivity contribution is -0.129. The third kappa shape index (κ3) is 3.97. The molecular weight excluding hydrogens is 268 g/mol. The Morgan fingerprint density at radius 3 is 2.67 bits per heavy atom. The number of carbonyl (C=O) groups is 2. The molecule has 0 radical (unpaired) electrons. The van der Waals surface area contributed by atoms with Gasteiger partial charge in [-0.15, -0.1) is 0 Å². The van der Waals surface area contributed by atoms with Gasteiger partial charge in [0, 0.05) is 26.1 Å². The van der Waals surface area contributed by atoms with Crippen LogP contribution in [0.3, 0.4) is 0 Å². The van der Waals surface area contributed by atoms with Crippen LogP contribution in [0.4, 0.5) is 0 Å². The maximum absolute atomic E-state index is 12.2. The van der Waals surface area contributed by atoms with Gasteiger partial charge in [-0.1, -0.05) is 11.6 Å². The molecule has 1 aromatic rings. The summed E-state index contributed by atoms with van der Waals surface area (Å²) in [7, 11) is 1.54. The number of ether oxygens (including phenoxy) is 1. The Hall–Kier alpha value is -2.04. The summed E-state index contributed by atoms with van der Waals surface area (Å²) >= 11 is 0. The summed E-state index contributed by atoms with van der Waals surface area (Å²) in [5.74, 6) is 0.456. The van der Waals surface area contributed by atoms with Crippen LogP contribution in [0.1, 0.15) is 35.2 Å². The van der Waals surface area contributed by atoms with Gasteiger partial charge in [-0.2, -0.15) is 0 Å². The van der Waals surface area contributed by atoms with Gasteiger partial charge < -0.3 is 15.0 Å². The Kier molecular flexibility index (Phi) is 5.20. The lowest BCUT2D eigenvalue weighted by Crippen LogP contribution is -2.32. The highest BCUT2D eigenvalue weighted by atomic mass is 16.5. The summed E-state index contributed by atoms with van der Waals surface area (Å²) in [5, 5.41) is 2.79. The maximum Gasteiger partial charge on any atom is 0.255 e. The van der Waals surface area contributed by atoms with Crippen LogP contribution in [-0.4, -0.2) is 43.5 Å². The van der Waals surface area contributed by atoms with Gasteiger partial charge in [0.25, 0.3) is 5.91 Å². The molecule has 0 bridgehead atoms. The molecule has 21 heavy (non-hydrogen) atoms. The first kappa shape index (κ1) is 15.4. The van der Waals surface area contributed by atoms with E-state index < -0.39 is 0 Å². The molecule has 0 spiro atoms. The smallest absolute Gasteiger partial charge is 0.255 e. The predicted octanol–water partition coefficient (Wildman–Crippen LogP) is 1.75. The molecule has 0 saturated carbocycles. The molecule has 5 heteroatoms. The second-order valence-corrected chi connectivity index (χ2v) is 5.30. The number of hydrogen-bond acceptors (Lipinski definition) is 3. The molecule has 1 aliphatic heterocycles. The van der Waals surface area contributed by atoms with Gasteiger partial charge in [0.1, 0.15) is 5.75 Å². The summed E-state index contributed by atoms with van der Waals surface area (Å²) in [6.07, 6.45) is 2.51. The largest absolute Gasteiger partial charge is 0.496 e. The Morgan fingerprint density at radius 1 is 1.29 bits per heavy atom. The number of likely N-dealkylation sites (tertiary alicyclic amines) is 1. The summed E-state index contributed by atoms with van der Waals surface area (Å²) in [5.41, 5.74) is 1.50. The van der Waals surface area contributed by atoms with Gasteiger partial charge in [-0.3, -0.25) is 9.59 Å². The zero-order valence-electron chi connectivity index (χ0n) is 12.6. The van der Waals surface area contributed by atoms with Crippen LogP contribution in [0.15, 0.2) is 18.2 Å². The number of nitrogens with zero attached hydrogens (tertiary/aromatic N) is 1. The van der Waals surface area contributed by atoms with E-state index in [-0.39, 0.29) is 11.8 Å². The summed E-state index contributed by atoms with van der Waals surface area (Å²) in [4.78, 5) is 25.9. The van der Waals surface area contributed by atoms with Crippen molar-refractivity contribution in [3.8, 4) is 5.75 Å². The van der Waals surface area contributed by atoms with E-state index in [1.165, 1.54) is 0 Å². The molecule has 0 unspecified atom stereocenters. The molecule has 2 rings (SSSR count). The highest BCUT2D eigenvalue weighted by Gasteiger charge is 2.18. The number of benzene rings is 1. The number of methoxy groups -OCH3 is 1. The minimum absolute atomic E-state index is 0.115. The first-order chi connectivity index (χ1) is 10.1. The average Bonchev–Trinajstić information content (AvgIpc) is 3.01. The van der Waals surface area contributed by atoms with Crippen molar-refractivity contribution in [1.29, 1.82) is 0 Å². The van der Waals surface area contributed by atoms with E-state index in [1.807, 2.05) is 17.9 Å². The van der Waals surface area contributed by atoms with Crippen LogP contribution in [-0.2, 0) is 4.79 Å². The summed E-state index contributed by atoms with van der Waals surface area (Å²) < 4.78 is 5.19. The second kappa shape index (κ2) is 7.11. The predicted molar refractivity (Wildman–Crippen MR) is 80.5 cm³/mol. The van der Waals surface area contributed by atoms with Crippen LogP contribution in [0.2, 0.25) is 0 Å². The van der Waals surface area contributed by atoms with Crippen molar-refractivity contribution >= 4 is 11.8 Å². The summed E-state index contributed by atoms with van der Waals surface area (Å²) in [6.45, 7) is 3.97. The van der Waals surface area contributed by atoms with Crippen molar-refractivity contribution in [2.45, 2.75) is 26.2 Å². The van der Waals surface area contributed by atoms with Crippen molar-refractivity contribution in [2.24, 2.45) is 0 Å². The van der Waals surface area contributed by atoms with E-state index in [1.54, 1.807) is 19.2 Å². The Labute approximate surface area is 125 Å². The van der Waals surface area contributed by atoms with Crippen molar-refractivity contribution < 1.29 is 14.3 Å². The molecule has 1 saturated heterocycles. The normalized spacial score (nSPS) is 14.1. The topological polar surface area (TPSA) is 58.6 Å². The number of nitrogens with one attached hydrogen (secondary N) is 1. The van der Waals surface area contributed by atoms with Crippen molar-refractivity contribution in [1.82, 2.24) is 10.2 Å². The zero-order chi connectivity index (χ0) is 15.2. The number of hydrogen-bond donors (Lipinski definition) is 1. The van der Waals surface area contributed by atoms with Crippen LogP contribution in [0.25, 0.3) is 0 Å². The standard InChI is InChI=1S/C16H22N2O3/c1-12-5-6-14(21-2)13(11-12)16(20)17-8-7-15(19)18-9-3-4-10-18/h5-6,11H,3-4,7-10H2,1-2H3,(H,17,20). The molecule has 114 valence electrons. The molecule has 1 fully saturated rings. The molecule has 0 aliphatic carbocycles. The number of aryl methyl sites for hydroxylation is 1. The molecule has 0 atom stereocenters. The quantitative estimate of drug-likeness (QED) is 0.898. The number of rotatable bonds is 5. The minimum Gasteiger partial charge on any atom is -0.496 e. The lowest BCUT2D eigenvalue weighted by Gasteiger charge is -2.15. The van der Waals surface area contributed by atoms with E-state index in [9.17, 15) is 9.59 Å². The Balaban J connectivity index is 1.87. The van der Waals surface area contributed by atoms with Crippen molar-refractivity contribution in [3.05, 3.63) is 29.3 Å². The van der Waals surface area contributed by atoms with Crippen LogP contribution in [0.5, 0.6) is 5.75 Å². The fraction of sp³-hybridized carbons (Fsp3) is 0.500. The highest BCUT2D eigenvalue weighted by Crippen LogP contribution is 2.19. The first-order valence-corrected chi connectivity index (χ1v) is 7.32. The van der Waals surface area contributed by atoms with E-state index in [2.05, 4.69) is 5.32 Å². The Morgan fingerprint density at radius 2 is 2.00 bits per heavy atom. The van der Waals surface area contributed by atoms with Crippen LogP contribution >= 0.6 is 0 Å². The van der Waals surface area contributed by atoms with E-state index in [4.69, 9.17) is 4.74 Å². The molecular formula is C16H22N2O3. The molecule has 1 aliphatic rings. The minimum atomic E-state index is -0.204. The molecule has 1 N–H and O–H groups in total. The fourth-order valence-electron chi connectivity index (χ4n) is 2.50. The van der Waals surface area contributed by atoms with E-state index >= 15 is 0 Å². The zero-order valence-corrected chi connectivity index (χ0v) is 12.6. The first-order valence-electron chi connectivity index (χ1n) is 7.32. The van der Waals surface area contributed by atoms with E-state index in [0.717, 1.165) is 31.5 Å². The number of amides is 2. The van der Waals surface area contributed by atoms with Crippen LogP contribution < -0.4 is 10.1 Å². The SMILES string of the molecule is COc1ccc(C)cc1C(=O)NCCC(=O)N1CCCC1. The van der Waals surface area contributed by atoms with Crippen molar-refractivity contribution in [2.75, 3.05) is 26.7 Å². The molecule has 5 nitrogen and oxygen atoms in total. The van der Waals surface area contributed by atoms with Gasteiger partial charge in [0.15, 0.2) is 0 Å². The molecule has 1 heterocycles. The molecule has 2 amide bonds. The van der Waals surface area contributed by atoms with Gasteiger partial charge in [-0.05, 0) is 31.9 Å². The van der Waals surface area contributed by atoms with Gasteiger partial charge in [-0.25, -0.2) is 0 Å². The van der Waals surface area contributed by atoms with Gasteiger partial charge >= 0.3 is 0 Å². The van der Waals surface area contributed by atoms with Gasteiger partial charge in [0.2, 0.25) is 5.91 Å². The van der Waals surface area contributed by atoms with Gasteiger partial charge in [0.05, 0.1) is 12.7 Å². The second-order valence-electron chi connectivity index (χ2n) is 5.30. The highest BCUT2D eigenvalue weighted by molar-refractivity contribution is 5.97. The van der Waals surface area contributed by atoms with Crippen molar-refractivity contribution in [3.63, 3.8) is 0 Å². The summed E-state index contributed by atoms with van der Waals surface area (Å²) in [6, 6.07) is 5.46. The maximum atomic E-state index is 12.2. The van der Waals surface area contributed by atoms with Crippen LogP contribution in [0, 0.1) is 6.92 Å². The number of carbonyl (C=O) groups excluding carboxylic acids is 2. The Bertz CT molecular complexity index is 522. The third-order valence-electron chi connectivity index (χ3n) is 3.68. The third-order valence-corrected chi connectivity index (χ3v) is 3.68.